The standard InChI is InChI=1S/C20H40O/c1-7-18(21)14-11-9-8-10-12-16-20(5,6)17-13-15-19(2,3)4/h7,18,21H,1,8-17H2,2-6H3. The Hall–Kier alpha value is -0.300. The van der Waals surface area contributed by atoms with Gasteiger partial charge in [-0.3, -0.25) is 0 Å². The van der Waals surface area contributed by atoms with Gasteiger partial charge < -0.3 is 5.11 Å². The largest absolute Gasteiger partial charge is 0.389 e. The van der Waals surface area contributed by atoms with Gasteiger partial charge in [0.2, 0.25) is 0 Å². The molecule has 1 unspecified atom stereocenters. The summed E-state index contributed by atoms with van der Waals surface area (Å²) in [5.41, 5.74) is 0.983. The van der Waals surface area contributed by atoms with E-state index >= 15 is 0 Å². The third-order valence-corrected chi connectivity index (χ3v) is 4.41. The fourth-order valence-corrected chi connectivity index (χ4v) is 2.83. The first-order valence-corrected chi connectivity index (χ1v) is 8.97. The van der Waals surface area contributed by atoms with E-state index in [1.165, 1.54) is 51.4 Å². The maximum atomic E-state index is 9.39. The van der Waals surface area contributed by atoms with Crippen LogP contribution in [0.1, 0.15) is 98.8 Å². The van der Waals surface area contributed by atoms with Crippen LogP contribution in [-0.4, -0.2) is 11.2 Å². The molecule has 0 aromatic rings. The van der Waals surface area contributed by atoms with E-state index in [1.807, 2.05) is 0 Å². The molecular weight excluding hydrogens is 256 g/mol. The Morgan fingerprint density at radius 3 is 1.90 bits per heavy atom. The summed E-state index contributed by atoms with van der Waals surface area (Å²) < 4.78 is 0. The van der Waals surface area contributed by atoms with Gasteiger partial charge >= 0.3 is 0 Å². The summed E-state index contributed by atoms with van der Waals surface area (Å²) in [6, 6.07) is 0. The predicted octanol–water partition coefficient (Wildman–Crippen LogP) is 6.51. The van der Waals surface area contributed by atoms with Crippen LogP contribution in [0, 0.1) is 10.8 Å². The molecule has 0 bridgehead atoms. The van der Waals surface area contributed by atoms with Crippen molar-refractivity contribution >= 4 is 0 Å². The first-order chi connectivity index (χ1) is 9.66. The molecule has 0 fully saturated rings. The molecule has 0 radical (unpaired) electrons. The first-order valence-electron chi connectivity index (χ1n) is 8.97. The molecule has 0 saturated carbocycles. The van der Waals surface area contributed by atoms with Crippen LogP contribution in [0.4, 0.5) is 0 Å². The van der Waals surface area contributed by atoms with Crippen LogP contribution in [0.2, 0.25) is 0 Å². The van der Waals surface area contributed by atoms with Crippen molar-refractivity contribution < 1.29 is 5.11 Å². The maximum absolute atomic E-state index is 9.39. The lowest BCUT2D eigenvalue weighted by atomic mass is 9.79. The van der Waals surface area contributed by atoms with Gasteiger partial charge in [-0.05, 0) is 36.5 Å². The van der Waals surface area contributed by atoms with Crippen molar-refractivity contribution in [2.24, 2.45) is 10.8 Å². The van der Waals surface area contributed by atoms with Gasteiger partial charge in [-0.25, -0.2) is 0 Å². The number of unbranched alkanes of at least 4 members (excludes halogenated alkanes) is 4. The SMILES string of the molecule is C=CC(O)CCCCCCCC(C)(C)CCCC(C)(C)C. The number of aliphatic hydroxyl groups excluding tert-OH is 1. The lowest BCUT2D eigenvalue weighted by Crippen LogP contribution is -2.13. The fraction of sp³-hybridized carbons (Fsp3) is 0.900. The first kappa shape index (κ1) is 20.7. The Kier molecular flexibility index (Phi) is 10.3. The van der Waals surface area contributed by atoms with Crippen LogP contribution < -0.4 is 0 Å². The molecule has 1 atom stereocenters. The molecule has 0 rings (SSSR count). The molecule has 0 amide bonds. The van der Waals surface area contributed by atoms with Crippen molar-refractivity contribution in [3.63, 3.8) is 0 Å². The van der Waals surface area contributed by atoms with E-state index in [1.54, 1.807) is 6.08 Å². The maximum Gasteiger partial charge on any atom is 0.0718 e. The average Bonchev–Trinajstić information content (AvgIpc) is 2.35. The lowest BCUT2D eigenvalue weighted by Gasteiger charge is -2.27. The smallest absolute Gasteiger partial charge is 0.0718 e. The summed E-state index contributed by atoms with van der Waals surface area (Å²) in [7, 11) is 0. The molecule has 126 valence electrons. The zero-order valence-electron chi connectivity index (χ0n) is 15.4. The van der Waals surface area contributed by atoms with E-state index < -0.39 is 0 Å². The molecule has 0 aromatic heterocycles. The summed E-state index contributed by atoms with van der Waals surface area (Å²) in [4.78, 5) is 0. The van der Waals surface area contributed by atoms with Gasteiger partial charge in [-0.2, -0.15) is 0 Å². The third kappa shape index (κ3) is 14.4. The van der Waals surface area contributed by atoms with Gasteiger partial charge in [-0.15, -0.1) is 6.58 Å². The second kappa shape index (κ2) is 10.4. The number of aliphatic hydroxyl groups is 1. The molecule has 0 saturated heterocycles. The molecule has 0 aliphatic carbocycles. The van der Waals surface area contributed by atoms with E-state index in [-0.39, 0.29) is 6.10 Å². The van der Waals surface area contributed by atoms with Crippen LogP contribution in [0.5, 0.6) is 0 Å². The van der Waals surface area contributed by atoms with E-state index in [2.05, 4.69) is 41.2 Å². The number of hydrogen-bond acceptors (Lipinski definition) is 1. The summed E-state index contributed by atoms with van der Waals surface area (Å²) in [6.45, 7) is 15.5. The van der Waals surface area contributed by atoms with Crippen LogP contribution in [0.3, 0.4) is 0 Å². The van der Waals surface area contributed by atoms with E-state index in [0.717, 1.165) is 12.8 Å². The number of rotatable bonds is 12. The highest BCUT2D eigenvalue weighted by Gasteiger charge is 2.18. The zero-order chi connectivity index (χ0) is 16.4. The molecule has 0 heterocycles. The lowest BCUT2D eigenvalue weighted by molar-refractivity contribution is 0.208. The van der Waals surface area contributed by atoms with Crippen LogP contribution in [-0.2, 0) is 0 Å². The quantitative estimate of drug-likeness (QED) is 0.321. The highest BCUT2D eigenvalue weighted by Crippen LogP contribution is 2.32. The van der Waals surface area contributed by atoms with Crippen LogP contribution >= 0.6 is 0 Å². The number of hydrogen-bond donors (Lipinski definition) is 1. The van der Waals surface area contributed by atoms with Crippen LogP contribution in [0.25, 0.3) is 0 Å². The van der Waals surface area contributed by atoms with Gasteiger partial charge in [0.15, 0.2) is 0 Å². The molecule has 21 heavy (non-hydrogen) atoms. The third-order valence-electron chi connectivity index (χ3n) is 4.41. The minimum absolute atomic E-state index is 0.299. The molecular formula is C20H40O. The zero-order valence-corrected chi connectivity index (χ0v) is 15.4. The van der Waals surface area contributed by atoms with Crippen molar-refractivity contribution in [1.29, 1.82) is 0 Å². The van der Waals surface area contributed by atoms with Crippen molar-refractivity contribution in [2.45, 2.75) is 105 Å². The van der Waals surface area contributed by atoms with E-state index in [9.17, 15) is 5.11 Å². The van der Waals surface area contributed by atoms with Crippen molar-refractivity contribution in [2.75, 3.05) is 0 Å². The van der Waals surface area contributed by atoms with Crippen molar-refractivity contribution in [1.82, 2.24) is 0 Å². The molecule has 1 N–H and O–H groups in total. The van der Waals surface area contributed by atoms with E-state index in [0.29, 0.717) is 10.8 Å². The normalized spacial score (nSPS) is 14.2. The fourth-order valence-electron chi connectivity index (χ4n) is 2.83. The summed E-state index contributed by atoms with van der Waals surface area (Å²) in [5, 5.41) is 9.39. The second-order valence-electron chi connectivity index (χ2n) is 8.69. The minimum atomic E-state index is -0.299. The summed E-state index contributed by atoms with van der Waals surface area (Å²) in [5.74, 6) is 0. The second-order valence-corrected chi connectivity index (χ2v) is 8.69. The Morgan fingerprint density at radius 1 is 0.810 bits per heavy atom. The molecule has 0 spiro atoms. The molecule has 1 nitrogen and oxygen atoms in total. The minimum Gasteiger partial charge on any atom is -0.389 e. The Balaban J connectivity index is 3.54. The molecule has 0 aliphatic heterocycles. The van der Waals surface area contributed by atoms with Gasteiger partial charge in [0.25, 0.3) is 0 Å². The van der Waals surface area contributed by atoms with Gasteiger partial charge in [0.1, 0.15) is 0 Å². The highest BCUT2D eigenvalue weighted by molar-refractivity contribution is 4.77. The Labute approximate surface area is 134 Å². The molecule has 0 aromatic carbocycles. The van der Waals surface area contributed by atoms with Gasteiger partial charge in [0, 0.05) is 0 Å². The summed E-state index contributed by atoms with van der Waals surface area (Å²) in [6.07, 6.45) is 14.0. The van der Waals surface area contributed by atoms with Gasteiger partial charge in [-0.1, -0.05) is 79.2 Å². The van der Waals surface area contributed by atoms with Crippen molar-refractivity contribution in [3.05, 3.63) is 12.7 Å². The topological polar surface area (TPSA) is 20.2 Å². The Bertz CT molecular complexity index is 260. The predicted molar refractivity (Wildman–Crippen MR) is 95.6 cm³/mol. The van der Waals surface area contributed by atoms with Crippen molar-refractivity contribution in [3.8, 4) is 0 Å². The average molecular weight is 297 g/mol. The molecule has 1 heteroatoms. The van der Waals surface area contributed by atoms with E-state index in [4.69, 9.17) is 0 Å². The van der Waals surface area contributed by atoms with Gasteiger partial charge in [0.05, 0.1) is 6.10 Å². The van der Waals surface area contributed by atoms with Crippen LogP contribution in [0.15, 0.2) is 12.7 Å². The molecule has 0 aliphatic rings. The monoisotopic (exact) mass is 296 g/mol. The Morgan fingerprint density at radius 2 is 1.33 bits per heavy atom. The highest BCUT2D eigenvalue weighted by atomic mass is 16.3. The summed E-state index contributed by atoms with van der Waals surface area (Å²) >= 11 is 0.